The predicted octanol–water partition coefficient (Wildman–Crippen LogP) is 2.58. The van der Waals surface area contributed by atoms with Gasteiger partial charge in [-0.05, 0) is 18.6 Å². The molecule has 1 spiro atoms. The molecule has 6 nitrogen and oxygen atoms in total. The van der Waals surface area contributed by atoms with Crippen LogP contribution < -0.4 is 4.74 Å². The predicted molar refractivity (Wildman–Crippen MR) is 90.8 cm³/mol. The van der Waals surface area contributed by atoms with Crippen molar-refractivity contribution in [1.29, 1.82) is 0 Å². The Bertz CT molecular complexity index is 598. The van der Waals surface area contributed by atoms with Gasteiger partial charge in [0.15, 0.2) is 0 Å². The van der Waals surface area contributed by atoms with Crippen LogP contribution in [0.5, 0.6) is 5.75 Å². The van der Waals surface area contributed by atoms with Crippen LogP contribution in [-0.4, -0.2) is 73.8 Å². The molecule has 152 valence electrons. The second-order valence-corrected chi connectivity index (χ2v) is 6.57. The van der Waals surface area contributed by atoms with Gasteiger partial charge in [0.1, 0.15) is 11.9 Å². The number of methoxy groups -OCH3 is 1. The minimum atomic E-state index is -5.08. The monoisotopic (exact) mass is 391 g/mol. The van der Waals surface area contributed by atoms with Gasteiger partial charge in [0, 0.05) is 33.2 Å². The van der Waals surface area contributed by atoms with E-state index in [0.29, 0.717) is 6.61 Å². The van der Waals surface area contributed by atoms with Crippen molar-refractivity contribution in [3.05, 3.63) is 30.3 Å². The summed E-state index contributed by atoms with van der Waals surface area (Å²) in [5, 5.41) is 7.12. The van der Waals surface area contributed by atoms with Crippen LogP contribution in [0.25, 0.3) is 0 Å². The first kappa shape index (κ1) is 21.5. The van der Waals surface area contributed by atoms with Gasteiger partial charge in [-0.1, -0.05) is 18.2 Å². The zero-order chi connectivity index (χ0) is 19.9. The standard InChI is InChI=1S/C16H23NO3.C2HF3O2/c1-18-10-9-17-8-7-16(13-17)11-15(12-19-16)20-14-5-3-2-4-6-14;3-2(4,5)1(6)7/h2-6,15H,7-13H2,1H3;(H,6,7). The molecule has 9 heteroatoms. The minimum absolute atomic E-state index is 0.00713. The van der Waals surface area contributed by atoms with Gasteiger partial charge in [0.2, 0.25) is 0 Å². The number of nitrogens with zero attached hydrogens (tertiary/aromatic N) is 1. The third-order valence-electron chi connectivity index (χ3n) is 4.47. The molecule has 2 fully saturated rings. The van der Waals surface area contributed by atoms with E-state index in [1.807, 2.05) is 30.3 Å². The number of carboxylic acids is 1. The summed E-state index contributed by atoms with van der Waals surface area (Å²) in [4.78, 5) is 11.3. The van der Waals surface area contributed by atoms with Crippen molar-refractivity contribution in [1.82, 2.24) is 4.90 Å². The smallest absolute Gasteiger partial charge is 0.488 e. The number of likely N-dealkylation sites (tertiary alicyclic amines) is 1. The highest BCUT2D eigenvalue weighted by atomic mass is 19.4. The van der Waals surface area contributed by atoms with Crippen molar-refractivity contribution in [3.63, 3.8) is 0 Å². The molecule has 1 aromatic rings. The maximum Gasteiger partial charge on any atom is 0.490 e. The Morgan fingerprint density at radius 1 is 1.37 bits per heavy atom. The number of ether oxygens (including phenoxy) is 3. The average molecular weight is 391 g/mol. The van der Waals surface area contributed by atoms with Gasteiger partial charge >= 0.3 is 12.1 Å². The molecule has 2 unspecified atom stereocenters. The molecule has 27 heavy (non-hydrogen) atoms. The minimum Gasteiger partial charge on any atom is -0.488 e. The van der Waals surface area contributed by atoms with Gasteiger partial charge in [-0.2, -0.15) is 13.2 Å². The van der Waals surface area contributed by atoms with Gasteiger partial charge in [0.05, 0.1) is 18.8 Å². The fraction of sp³-hybridized carbons (Fsp3) is 0.611. The van der Waals surface area contributed by atoms with E-state index in [-0.39, 0.29) is 11.7 Å². The third-order valence-corrected chi connectivity index (χ3v) is 4.47. The van der Waals surface area contributed by atoms with Gasteiger partial charge < -0.3 is 19.3 Å². The van der Waals surface area contributed by atoms with Gasteiger partial charge in [-0.25, -0.2) is 4.79 Å². The van der Waals surface area contributed by atoms with Gasteiger partial charge in [-0.3, -0.25) is 4.90 Å². The fourth-order valence-electron chi connectivity index (χ4n) is 3.19. The summed E-state index contributed by atoms with van der Waals surface area (Å²) in [5.41, 5.74) is 0.00713. The van der Waals surface area contributed by atoms with Crippen molar-refractivity contribution in [3.8, 4) is 5.75 Å². The molecule has 3 rings (SSSR count). The number of alkyl halides is 3. The summed E-state index contributed by atoms with van der Waals surface area (Å²) >= 11 is 0. The van der Waals surface area contributed by atoms with Crippen LogP contribution in [0, 0.1) is 0 Å². The molecule has 0 aliphatic carbocycles. The first-order chi connectivity index (χ1) is 12.7. The molecule has 0 saturated carbocycles. The second kappa shape index (κ2) is 9.38. The average Bonchev–Trinajstić information content (AvgIpc) is 3.20. The first-order valence-corrected chi connectivity index (χ1v) is 8.61. The number of rotatable bonds is 5. The summed E-state index contributed by atoms with van der Waals surface area (Å²) in [6.45, 7) is 4.59. The molecule has 1 aromatic carbocycles. The molecule has 0 amide bonds. The van der Waals surface area contributed by atoms with Crippen molar-refractivity contribution < 1.29 is 37.3 Å². The van der Waals surface area contributed by atoms with E-state index in [1.165, 1.54) is 0 Å². The topological polar surface area (TPSA) is 68.2 Å². The van der Waals surface area contributed by atoms with E-state index in [4.69, 9.17) is 24.1 Å². The molecule has 0 bridgehead atoms. The Balaban J connectivity index is 0.000000321. The number of hydrogen-bond acceptors (Lipinski definition) is 5. The van der Waals surface area contributed by atoms with Crippen LogP contribution >= 0.6 is 0 Å². The largest absolute Gasteiger partial charge is 0.490 e. The second-order valence-electron chi connectivity index (χ2n) is 6.57. The fourth-order valence-corrected chi connectivity index (χ4v) is 3.19. The highest BCUT2D eigenvalue weighted by molar-refractivity contribution is 5.73. The lowest BCUT2D eigenvalue weighted by atomic mass is 9.98. The molecule has 2 heterocycles. The number of hydrogen-bond donors (Lipinski definition) is 1. The molecule has 1 N–H and O–H groups in total. The molecule has 0 aromatic heterocycles. The van der Waals surface area contributed by atoms with Crippen molar-refractivity contribution in [2.45, 2.75) is 30.7 Å². The van der Waals surface area contributed by atoms with Crippen molar-refractivity contribution in [2.24, 2.45) is 0 Å². The lowest BCUT2D eigenvalue weighted by Gasteiger charge is -2.23. The molecule has 0 radical (unpaired) electrons. The van der Waals surface area contributed by atoms with Crippen LogP contribution in [0.15, 0.2) is 30.3 Å². The van der Waals surface area contributed by atoms with Gasteiger partial charge in [-0.15, -0.1) is 0 Å². The number of para-hydroxylation sites is 1. The van der Waals surface area contributed by atoms with E-state index in [1.54, 1.807) is 7.11 Å². The maximum absolute atomic E-state index is 10.6. The zero-order valence-corrected chi connectivity index (χ0v) is 15.1. The molecular weight excluding hydrogens is 367 g/mol. The molecule has 2 aliphatic heterocycles. The van der Waals surface area contributed by atoms with Crippen LogP contribution in [0.4, 0.5) is 13.2 Å². The molecular formula is C18H24F3NO5. The number of carboxylic acid groups (broad SMARTS) is 1. The highest BCUT2D eigenvalue weighted by Gasteiger charge is 2.46. The van der Waals surface area contributed by atoms with Crippen LogP contribution in [0.2, 0.25) is 0 Å². The Kier molecular flexibility index (Phi) is 7.46. The first-order valence-electron chi connectivity index (χ1n) is 8.61. The summed E-state index contributed by atoms with van der Waals surface area (Å²) in [7, 11) is 1.75. The third kappa shape index (κ3) is 6.67. The Labute approximate surface area is 155 Å². The van der Waals surface area contributed by atoms with Crippen LogP contribution in [0.1, 0.15) is 12.8 Å². The number of benzene rings is 1. The molecule has 2 aliphatic rings. The SMILES string of the molecule is COCCN1CCC2(CC(Oc3ccccc3)CO2)C1.O=C(O)C(F)(F)F. The maximum atomic E-state index is 10.6. The zero-order valence-electron chi connectivity index (χ0n) is 15.1. The summed E-state index contributed by atoms with van der Waals surface area (Å²) in [6.07, 6.45) is -2.81. The van der Waals surface area contributed by atoms with Gasteiger partial charge in [0.25, 0.3) is 0 Å². The Hall–Kier alpha value is -1.84. The highest BCUT2D eigenvalue weighted by Crippen LogP contribution is 2.36. The van der Waals surface area contributed by atoms with Crippen molar-refractivity contribution in [2.75, 3.05) is 40.0 Å². The van der Waals surface area contributed by atoms with E-state index < -0.39 is 12.1 Å². The molecule has 2 saturated heterocycles. The molecule has 2 atom stereocenters. The summed E-state index contributed by atoms with van der Waals surface area (Å²) < 4.78 is 49.0. The summed E-state index contributed by atoms with van der Waals surface area (Å²) in [5.74, 6) is -1.82. The van der Waals surface area contributed by atoms with E-state index in [9.17, 15) is 13.2 Å². The van der Waals surface area contributed by atoms with Crippen molar-refractivity contribution >= 4 is 5.97 Å². The lowest BCUT2D eigenvalue weighted by Crippen LogP contribution is -2.34. The van der Waals surface area contributed by atoms with Crippen LogP contribution in [-0.2, 0) is 14.3 Å². The van der Waals surface area contributed by atoms with E-state index >= 15 is 0 Å². The Morgan fingerprint density at radius 3 is 2.63 bits per heavy atom. The number of carbonyl (C=O) groups is 1. The lowest BCUT2D eigenvalue weighted by molar-refractivity contribution is -0.192. The van der Waals surface area contributed by atoms with E-state index in [2.05, 4.69) is 4.90 Å². The quantitative estimate of drug-likeness (QED) is 0.832. The normalized spacial score (nSPS) is 25.3. The Morgan fingerprint density at radius 2 is 2.04 bits per heavy atom. The van der Waals surface area contributed by atoms with E-state index in [0.717, 1.165) is 44.8 Å². The number of halogens is 3. The summed E-state index contributed by atoms with van der Waals surface area (Å²) in [6, 6.07) is 10.0. The number of aliphatic carboxylic acids is 1. The van der Waals surface area contributed by atoms with Crippen LogP contribution in [0.3, 0.4) is 0 Å².